The van der Waals surface area contributed by atoms with E-state index in [4.69, 9.17) is 0 Å². The van der Waals surface area contributed by atoms with E-state index in [1.165, 1.54) is 18.2 Å². The highest BCUT2D eigenvalue weighted by Crippen LogP contribution is 2.22. The zero-order chi connectivity index (χ0) is 14.5. The molecule has 1 amide bonds. The summed E-state index contributed by atoms with van der Waals surface area (Å²) in [5, 5.41) is 23.0. The number of phenolic OH excluding ortho intramolecular Hbond substituents is 2. The van der Waals surface area contributed by atoms with Gasteiger partial charge in [-0.2, -0.15) is 5.10 Å². The second-order valence-electron chi connectivity index (χ2n) is 4.21. The molecule has 0 unspecified atom stereocenters. The van der Waals surface area contributed by atoms with Crippen LogP contribution in [0.2, 0.25) is 0 Å². The number of benzene rings is 2. The average Bonchev–Trinajstić information content (AvgIpc) is 2.47. The molecule has 0 aliphatic heterocycles. The molecular formula is C15H14N2O3. The van der Waals surface area contributed by atoms with Crippen molar-refractivity contribution >= 4 is 11.6 Å². The number of rotatable bonds is 3. The fourth-order valence-corrected chi connectivity index (χ4v) is 1.66. The molecular weight excluding hydrogens is 256 g/mol. The minimum absolute atomic E-state index is 0.0155. The maximum atomic E-state index is 11.8. The Bertz CT molecular complexity index is 651. The molecule has 0 radical (unpaired) electrons. The second-order valence-corrected chi connectivity index (χ2v) is 4.21. The standard InChI is InChI=1S/C15H14N2O3/c1-10(13-9-12(18)7-8-14(13)19)16-17-15(20)11-5-3-2-4-6-11/h2-9,18-19H,1H3,(H,17,20)/b16-10-. The molecule has 5 heteroatoms. The van der Waals surface area contributed by atoms with Crippen LogP contribution in [0.15, 0.2) is 53.6 Å². The lowest BCUT2D eigenvalue weighted by Gasteiger charge is -2.05. The summed E-state index contributed by atoms with van der Waals surface area (Å²) in [5.41, 5.74) is 3.64. The summed E-state index contributed by atoms with van der Waals surface area (Å²) in [6.07, 6.45) is 0. The highest BCUT2D eigenvalue weighted by atomic mass is 16.3. The summed E-state index contributed by atoms with van der Waals surface area (Å²) >= 11 is 0. The van der Waals surface area contributed by atoms with Crippen LogP contribution in [0.1, 0.15) is 22.8 Å². The van der Waals surface area contributed by atoms with Crippen molar-refractivity contribution in [1.82, 2.24) is 5.43 Å². The Balaban J connectivity index is 2.15. The first-order chi connectivity index (χ1) is 9.58. The summed E-state index contributed by atoms with van der Waals surface area (Å²) in [6, 6.07) is 12.8. The average molecular weight is 270 g/mol. The van der Waals surface area contributed by atoms with Gasteiger partial charge in [0.1, 0.15) is 11.5 Å². The smallest absolute Gasteiger partial charge is 0.271 e. The first-order valence-electron chi connectivity index (χ1n) is 6.00. The number of phenols is 2. The maximum Gasteiger partial charge on any atom is 0.271 e. The molecule has 5 nitrogen and oxygen atoms in total. The van der Waals surface area contributed by atoms with Gasteiger partial charge in [-0.05, 0) is 37.3 Å². The van der Waals surface area contributed by atoms with E-state index in [-0.39, 0.29) is 17.4 Å². The monoisotopic (exact) mass is 270 g/mol. The summed E-state index contributed by atoms with van der Waals surface area (Å²) in [4.78, 5) is 11.8. The van der Waals surface area contributed by atoms with Gasteiger partial charge in [0.15, 0.2) is 0 Å². The number of aromatic hydroxyl groups is 2. The lowest BCUT2D eigenvalue weighted by Crippen LogP contribution is -2.19. The Hall–Kier alpha value is -2.82. The number of hydrazone groups is 1. The second kappa shape index (κ2) is 5.88. The predicted octanol–water partition coefficient (Wildman–Crippen LogP) is 2.25. The fourth-order valence-electron chi connectivity index (χ4n) is 1.66. The molecule has 0 saturated carbocycles. The quantitative estimate of drug-likeness (QED) is 0.454. The van der Waals surface area contributed by atoms with Crippen molar-refractivity contribution in [2.75, 3.05) is 0 Å². The van der Waals surface area contributed by atoms with E-state index in [0.717, 1.165) is 0 Å². The maximum absolute atomic E-state index is 11.8. The first kappa shape index (κ1) is 13.6. The van der Waals surface area contributed by atoms with Crippen LogP contribution in [0, 0.1) is 0 Å². The number of amides is 1. The lowest BCUT2D eigenvalue weighted by molar-refractivity contribution is 0.0955. The van der Waals surface area contributed by atoms with E-state index in [9.17, 15) is 15.0 Å². The molecule has 0 heterocycles. The van der Waals surface area contributed by atoms with Gasteiger partial charge in [-0.25, -0.2) is 5.43 Å². The van der Waals surface area contributed by atoms with Crippen molar-refractivity contribution in [3.8, 4) is 11.5 Å². The molecule has 0 aliphatic carbocycles. The van der Waals surface area contributed by atoms with Gasteiger partial charge in [0.25, 0.3) is 5.91 Å². The van der Waals surface area contributed by atoms with Gasteiger partial charge in [0, 0.05) is 11.1 Å². The Morgan fingerprint density at radius 2 is 1.80 bits per heavy atom. The SMILES string of the molecule is C/C(=N/NC(=O)c1ccccc1)c1cc(O)ccc1O. The van der Waals surface area contributed by atoms with Crippen LogP contribution in [0.5, 0.6) is 11.5 Å². The number of hydrogen-bond acceptors (Lipinski definition) is 4. The van der Waals surface area contributed by atoms with Crippen LogP contribution in [-0.2, 0) is 0 Å². The van der Waals surface area contributed by atoms with E-state index in [1.807, 2.05) is 6.07 Å². The van der Waals surface area contributed by atoms with Crippen LogP contribution in [0.25, 0.3) is 0 Å². The van der Waals surface area contributed by atoms with Crippen molar-refractivity contribution in [1.29, 1.82) is 0 Å². The third-order valence-electron chi connectivity index (χ3n) is 2.73. The van der Waals surface area contributed by atoms with Gasteiger partial charge >= 0.3 is 0 Å². The van der Waals surface area contributed by atoms with E-state index in [1.54, 1.807) is 31.2 Å². The topological polar surface area (TPSA) is 81.9 Å². The minimum Gasteiger partial charge on any atom is -0.508 e. The zero-order valence-electron chi connectivity index (χ0n) is 10.9. The molecule has 102 valence electrons. The van der Waals surface area contributed by atoms with Crippen molar-refractivity contribution in [3.63, 3.8) is 0 Å². The van der Waals surface area contributed by atoms with Crippen LogP contribution in [-0.4, -0.2) is 21.8 Å². The van der Waals surface area contributed by atoms with Gasteiger partial charge in [0.05, 0.1) is 5.71 Å². The van der Waals surface area contributed by atoms with Gasteiger partial charge < -0.3 is 10.2 Å². The molecule has 2 aromatic rings. The summed E-state index contributed by atoms with van der Waals surface area (Å²) in [7, 11) is 0. The molecule has 0 fully saturated rings. The largest absolute Gasteiger partial charge is 0.508 e. The van der Waals surface area contributed by atoms with Crippen molar-refractivity contribution in [2.24, 2.45) is 5.10 Å². The Morgan fingerprint density at radius 1 is 1.10 bits per heavy atom. The Morgan fingerprint density at radius 3 is 2.50 bits per heavy atom. The molecule has 20 heavy (non-hydrogen) atoms. The van der Waals surface area contributed by atoms with E-state index in [0.29, 0.717) is 16.8 Å². The minimum atomic E-state index is -0.343. The van der Waals surface area contributed by atoms with Crippen molar-refractivity contribution < 1.29 is 15.0 Å². The highest BCUT2D eigenvalue weighted by molar-refractivity contribution is 6.02. The van der Waals surface area contributed by atoms with Crippen molar-refractivity contribution in [2.45, 2.75) is 6.92 Å². The van der Waals surface area contributed by atoms with Gasteiger partial charge in [-0.1, -0.05) is 18.2 Å². The zero-order valence-corrected chi connectivity index (χ0v) is 10.9. The first-order valence-corrected chi connectivity index (χ1v) is 6.00. The third-order valence-corrected chi connectivity index (χ3v) is 2.73. The summed E-state index contributed by atoms with van der Waals surface area (Å²) in [5.74, 6) is -0.343. The third kappa shape index (κ3) is 3.14. The van der Waals surface area contributed by atoms with Crippen LogP contribution >= 0.6 is 0 Å². The molecule has 0 aliphatic rings. The summed E-state index contributed by atoms with van der Waals surface area (Å²) in [6.45, 7) is 1.62. The van der Waals surface area contributed by atoms with E-state index >= 15 is 0 Å². The van der Waals surface area contributed by atoms with Gasteiger partial charge in [-0.15, -0.1) is 0 Å². The fraction of sp³-hybridized carbons (Fsp3) is 0.0667. The Kier molecular flexibility index (Phi) is 4.00. The lowest BCUT2D eigenvalue weighted by atomic mass is 10.1. The van der Waals surface area contributed by atoms with E-state index in [2.05, 4.69) is 10.5 Å². The number of carbonyl (C=O) groups is 1. The van der Waals surface area contributed by atoms with Crippen LogP contribution in [0.3, 0.4) is 0 Å². The molecule has 0 saturated heterocycles. The van der Waals surface area contributed by atoms with Gasteiger partial charge in [-0.3, -0.25) is 4.79 Å². The number of nitrogens with zero attached hydrogens (tertiary/aromatic N) is 1. The van der Waals surface area contributed by atoms with E-state index < -0.39 is 0 Å². The molecule has 0 spiro atoms. The molecule has 3 N–H and O–H groups in total. The summed E-state index contributed by atoms with van der Waals surface area (Å²) < 4.78 is 0. The van der Waals surface area contributed by atoms with Crippen LogP contribution < -0.4 is 5.43 Å². The molecule has 0 atom stereocenters. The normalized spacial score (nSPS) is 11.2. The number of hydrogen-bond donors (Lipinski definition) is 3. The van der Waals surface area contributed by atoms with Gasteiger partial charge in [0.2, 0.25) is 0 Å². The van der Waals surface area contributed by atoms with Crippen molar-refractivity contribution in [3.05, 3.63) is 59.7 Å². The molecule has 2 aromatic carbocycles. The molecule has 0 aromatic heterocycles. The molecule has 0 bridgehead atoms. The number of carbonyl (C=O) groups excluding carboxylic acids is 1. The van der Waals surface area contributed by atoms with Crippen LogP contribution in [0.4, 0.5) is 0 Å². The Labute approximate surface area is 116 Å². The number of nitrogens with one attached hydrogen (secondary N) is 1. The highest BCUT2D eigenvalue weighted by Gasteiger charge is 2.07. The predicted molar refractivity (Wildman–Crippen MR) is 75.9 cm³/mol. The molecule has 2 rings (SSSR count).